The first-order valence-electron chi connectivity index (χ1n) is 5.95. The van der Waals surface area contributed by atoms with Crippen molar-refractivity contribution in [3.63, 3.8) is 0 Å². The summed E-state index contributed by atoms with van der Waals surface area (Å²) >= 11 is 5.94. The van der Waals surface area contributed by atoms with Gasteiger partial charge >= 0.3 is 0 Å². The van der Waals surface area contributed by atoms with E-state index in [1.807, 2.05) is 7.05 Å². The molecule has 1 aromatic carbocycles. The molecule has 18 heavy (non-hydrogen) atoms. The van der Waals surface area contributed by atoms with E-state index in [1.54, 1.807) is 30.2 Å². The van der Waals surface area contributed by atoms with Crippen molar-refractivity contribution in [1.29, 1.82) is 0 Å². The number of methoxy groups -OCH3 is 1. The minimum atomic E-state index is -0.0527. The quantitative estimate of drug-likeness (QED) is 0.909. The topological polar surface area (TPSA) is 41.6 Å². The third-order valence-corrected chi connectivity index (χ3v) is 3.53. The molecule has 98 valence electrons. The molecular formula is C13H17ClN2O2. The fraction of sp³-hybridized carbons (Fsp3) is 0.462. The normalized spacial score (nSPS) is 18.7. The fourth-order valence-electron chi connectivity index (χ4n) is 2.17. The van der Waals surface area contributed by atoms with Crippen molar-refractivity contribution >= 4 is 17.5 Å². The third kappa shape index (κ3) is 2.60. The van der Waals surface area contributed by atoms with E-state index in [-0.39, 0.29) is 11.9 Å². The van der Waals surface area contributed by atoms with Crippen LogP contribution in [0, 0.1) is 0 Å². The molecule has 5 heteroatoms. The summed E-state index contributed by atoms with van der Waals surface area (Å²) < 4.78 is 5.21. The van der Waals surface area contributed by atoms with Gasteiger partial charge in [0.25, 0.3) is 5.91 Å². The third-order valence-electron chi connectivity index (χ3n) is 3.29. The van der Waals surface area contributed by atoms with Gasteiger partial charge in [0.2, 0.25) is 0 Å². The maximum absolute atomic E-state index is 12.4. The van der Waals surface area contributed by atoms with E-state index in [0.29, 0.717) is 16.3 Å². The molecule has 0 spiro atoms. The Morgan fingerprint density at radius 3 is 2.94 bits per heavy atom. The zero-order valence-corrected chi connectivity index (χ0v) is 11.3. The van der Waals surface area contributed by atoms with Crippen LogP contribution in [-0.2, 0) is 0 Å². The molecule has 2 rings (SSSR count). The molecule has 1 heterocycles. The first-order valence-corrected chi connectivity index (χ1v) is 6.32. The van der Waals surface area contributed by atoms with Gasteiger partial charge in [0, 0.05) is 24.7 Å². The Morgan fingerprint density at radius 2 is 2.33 bits per heavy atom. The van der Waals surface area contributed by atoms with Gasteiger partial charge in [-0.15, -0.1) is 0 Å². The number of nitrogens with one attached hydrogen (secondary N) is 1. The Bertz CT molecular complexity index is 445. The molecule has 1 aromatic rings. The molecule has 0 radical (unpaired) electrons. The fourth-order valence-corrected chi connectivity index (χ4v) is 2.35. The van der Waals surface area contributed by atoms with Crippen LogP contribution in [0.2, 0.25) is 5.02 Å². The van der Waals surface area contributed by atoms with Crippen LogP contribution in [0.5, 0.6) is 5.75 Å². The predicted molar refractivity (Wildman–Crippen MR) is 71.4 cm³/mol. The van der Waals surface area contributed by atoms with Crippen molar-refractivity contribution < 1.29 is 9.53 Å². The minimum absolute atomic E-state index is 0.0527. The lowest BCUT2D eigenvalue weighted by Gasteiger charge is -2.24. The van der Waals surface area contributed by atoms with Crippen LogP contribution in [0.25, 0.3) is 0 Å². The second-order valence-corrected chi connectivity index (χ2v) is 4.84. The molecule has 4 nitrogen and oxygen atoms in total. The van der Waals surface area contributed by atoms with Crippen molar-refractivity contribution in [2.24, 2.45) is 0 Å². The molecule has 0 aliphatic carbocycles. The summed E-state index contributed by atoms with van der Waals surface area (Å²) in [7, 11) is 3.37. The summed E-state index contributed by atoms with van der Waals surface area (Å²) in [6.45, 7) is 1.79. The van der Waals surface area contributed by atoms with Crippen LogP contribution < -0.4 is 10.1 Å². The first-order chi connectivity index (χ1) is 8.63. The molecule has 1 fully saturated rings. The number of rotatable bonds is 3. The number of halogens is 1. The highest BCUT2D eigenvalue weighted by Crippen LogP contribution is 2.24. The van der Waals surface area contributed by atoms with E-state index in [1.165, 1.54) is 0 Å². The largest absolute Gasteiger partial charge is 0.496 e. The van der Waals surface area contributed by atoms with E-state index in [4.69, 9.17) is 16.3 Å². The number of amides is 1. The van der Waals surface area contributed by atoms with Gasteiger partial charge in [-0.3, -0.25) is 4.79 Å². The highest BCUT2D eigenvalue weighted by molar-refractivity contribution is 6.31. The average molecular weight is 269 g/mol. The summed E-state index contributed by atoms with van der Waals surface area (Å²) in [5.41, 5.74) is 0.513. The molecule has 0 unspecified atom stereocenters. The first kappa shape index (κ1) is 13.2. The summed E-state index contributed by atoms with van der Waals surface area (Å²) in [6.07, 6.45) is 0.977. The molecule has 1 amide bonds. The summed E-state index contributed by atoms with van der Waals surface area (Å²) in [4.78, 5) is 14.2. The monoisotopic (exact) mass is 268 g/mol. The summed E-state index contributed by atoms with van der Waals surface area (Å²) in [5, 5.41) is 3.79. The molecule has 1 aliphatic heterocycles. The van der Waals surface area contributed by atoms with Crippen LogP contribution >= 0.6 is 11.6 Å². The van der Waals surface area contributed by atoms with E-state index in [0.717, 1.165) is 19.5 Å². The van der Waals surface area contributed by atoms with E-state index in [2.05, 4.69) is 5.32 Å². The molecule has 1 N–H and O–H groups in total. The molecular weight excluding hydrogens is 252 g/mol. The Morgan fingerprint density at radius 1 is 1.56 bits per heavy atom. The number of hydrogen-bond acceptors (Lipinski definition) is 3. The van der Waals surface area contributed by atoms with Gasteiger partial charge in [0.15, 0.2) is 0 Å². The van der Waals surface area contributed by atoms with Crippen molar-refractivity contribution in [3.05, 3.63) is 28.8 Å². The maximum atomic E-state index is 12.4. The molecule has 0 aromatic heterocycles. The van der Waals surface area contributed by atoms with Gasteiger partial charge in [-0.25, -0.2) is 0 Å². The number of benzene rings is 1. The number of carbonyl (C=O) groups is 1. The highest BCUT2D eigenvalue weighted by atomic mass is 35.5. The van der Waals surface area contributed by atoms with Crippen molar-refractivity contribution in [1.82, 2.24) is 10.2 Å². The number of hydrogen-bond donors (Lipinski definition) is 1. The van der Waals surface area contributed by atoms with E-state index >= 15 is 0 Å². The van der Waals surface area contributed by atoms with Crippen LogP contribution in [0.3, 0.4) is 0 Å². The average Bonchev–Trinajstić information content (AvgIpc) is 2.90. The Kier molecular flexibility index (Phi) is 4.09. The van der Waals surface area contributed by atoms with Gasteiger partial charge in [-0.1, -0.05) is 11.6 Å². The number of likely N-dealkylation sites (N-methyl/N-ethyl adjacent to an activating group) is 1. The van der Waals surface area contributed by atoms with Gasteiger partial charge in [-0.05, 0) is 31.2 Å². The zero-order chi connectivity index (χ0) is 13.1. The van der Waals surface area contributed by atoms with Gasteiger partial charge in [0.1, 0.15) is 5.75 Å². The Labute approximate surface area is 112 Å². The molecule has 0 bridgehead atoms. The Hall–Kier alpha value is -1.26. The second kappa shape index (κ2) is 5.59. The molecule has 1 saturated heterocycles. The van der Waals surface area contributed by atoms with Crippen LogP contribution in [0.4, 0.5) is 0 Å². The lowest BCUT2D eigenvalue weighted by molar-refractivity contribution is 0.0740. The number of carbonyl (C=O) groups excluding carboxylic acids is 1. The Balaban J connectivity index is 2.24. The van der Waals surface area contributed by atoms with Gasteiger partial charge < -0.3 is 15.0 Å². The molecule has 0 saturated carbocycles. The van der Waals surface area contributed by atoms with Crippen molar-refractivity contribution in [3.8, 4) is 5.75 Å². The number of ether oxygens (including phenoxy) is 1. The highest BCUT2D eigenvalue weighted by Gasteiger charge is 2.25. The van der Waals surface area contributed by atoms with Crippen LogP contribution in [0.1, 0.15) is 16.8 Å². The van der Waals surface area contributed by atoms with Gasteiger partial charge in [-0.2, -0.15) is 0 Å². The SMILES string of the molecule is COc1ccc(Cl)cc1C(=O)N(C)[C@@H]1CCNC1. The summed E-state index contributed by atoms with van der Waals surface area (Å²) in [6, 6.07) is 5.33. The lowest BCUT2D eigenvalue weighted by Crippen LogP contribution is -2.38. The number of nitrogens with zero attached hydrogens (tertiary/aromatic N) is 1. The minimum Gasteiger partial charge on any atom is -0.496 e. The van der Waals surface area contributed by atoms with Crippen LogP contribution in [0.15, 0.2) is 18.2 Å². The zero-order valence-electron chi connectivity index (χ0n) is 10.6. The molecule has 1 atom stereocenters. The van der Waals surface area contributed by atoms with E-state index in [9.17, 15) is 4.79 Å². The second-order valence-electron chi connectivity index (χ2n) is 4.41. The maximum Gasteiger partial charge on any atom is 0.257 e. The van der Waals surface area contributed by atoms with E-state index < -0.39 is 0 Å². The smallest absolute Gasteiger partial charge is 0.257 e. The molecule has 1 aliphatic rings. The lowest BCUT2D eigenvalue weighted by atomic mass is 10.1. The predicted octanol–water partition coefficient (Wildman–Crippen LogP) is 1.78. The van der Waals surface area contributed by atoms with Crippen molar-refractivity contribution in [2.45, 2.75) is 12.5 Å². The van der Waals surface area contributed by atoms with Gasteiger partial charge in [0.05, 0.1) is 12.7 Å². The van der Waals surface area contributed by atoms with Crippen LogP contribution in [-0.4, -0.2) is 44.1 Å². The van der Waals surface area contributed by atoms with Crippen molar-refractivity contribution in [2.75, 3.05) is 27.2 Å². The summed E-state index contributed by atoms with van der Waals surface area (Å²) in [5.74, 6) is 0.505. The standard InChI is InChI=1S/C13H17ClN2O2/c1-16(10-5-6-15-8-10)13(17)11-7-9(14)3-4-12(11)18-2/h3-4,7,10,15H,5-6,8H2,1-2H3/t10-/m1/s1.